The quantitative estimate of drug-likeness (QED) is 0.908. The summed E-state index contributed by atoms with van der Waals surface area (Å²) in [5, 5.41) is 9.02. The number of nitrogens with zero attached hydrogens (tertiary/aromatic N) is 3. The normalized spacial score (nSPS) is 16.6. The zero-order chi connectivity index (χ0) is 14.1. The van der Waals surface area contributed by atoms with Crippen LogP contribution in [-0.4, -0.2) is 51.8 Å². The molecule has 0 radical (unpaired) electrons. The molecule has 1 aromatic carbocycles. The zero-order valence-electron chi connectivity index (χ0n) is 11.4. The molecule has 3 rings (SSSR count). The van der Waals surface area contributed by atoms with Crippen molar-refractivity contribution in [3.8, 4) is 0 Å². The van der Waals surface area contributed by atoms with E-state index in [0.717, 1.165) is 49.7 Å². The van der Waals surface area contributed by atoms with Crippen LogP contribution in [0.25, 0.3) is 11.0 Å². The molecule has 0 atom stereocenters. The molecule has 1 aliphatic rings. The van der Waals surface area contributed by atoms with Gasteiger partial charge in [0.15, 0.2) is 0 Å². The van der Waals surface area contributed by atoms with Crippen LogP contribution in [-0.2, 0) is 18.3 Å². The first kappa shape index (κ1) is 13.1. The number of aromatic nitrogens is 2. The molecule has 0 saturated carbocycles. The minimum Gasteiger partial charge on any atom is -0.478 e. The van der Waals surface area contributed by atoms with Crippen LogP contribution in [0, 0.1) is 0 Å². The predicted molar refractivity (Wildman–Crippen MR) is 73.8 cm³/mol. The largest absolute Gasteiger partial charge is 0.478 e. The summed E-state index contributed by atoms with van der Waals surface area (Å²) < 4.78 is 7.36. The van der Waals surface area contributed by atoms with Crippen LogP contribution in [0.2, 0.25) is 0 Å². The fourth-order valence-corrected chi connectivity index (χ4v) is 2.48. The summed E-state index contributed by atoms with van der Waals surface area (Å²) in [5.41, 5.74) is 1.96. The van der Waals surface area contributed by atoms with Crippen LogP contribution in [0.4, 0.5) is 0 Å². The van der Waals surface area contributed by atoms with E-state index in [0.29, 0.717) is 0 Å². The number of aryl methyl sites for hydroxylation is 1. The third-order valence-corrected chi connectivity index (χ3v) is 3.69. The molecule has 1 aliphatic heterocycles. The third kappa shape index (κ3) is 2.39. The number of hydrogen-bond donors (Lipinski definition) is 1. The molecule has 6 heteroatoms. The second-order valence-corrected chi connectivity index (χ2v) is 4.98. The van der Waals surface area contributed by atoms with Crippen LogP contribution in [0.15, 0.2) is 18.2 Å². The highest BCUT2D eigenvalue weighted by Crippen LogP contribution is 2.18. The summed E-state index contributed by atoms with van der Waals surface area (Å²) in [6.07, 6.45) is 0. The van der Waals surface area contributed by atoms with E-state index in [9.17, 15) is 4.79 Å². The molecule has 0 spiro atoms. The van der Waals surface area contributed by atoms with Gasteiger partial charge in [-0.25, -0.2) is 9.78 Å². The highest BCUT2D eigenvalue weighted by atomic mass is 16.5. The Morgan fingerprint density at radius 3 is 2.85 bits per heavy atom. The van der Waals surface area contributed by atoms with Gasteiger partial charge in [-0.1, -0.05) is 0 Å². The van der Waals surface area contributed by atoms with Crippen LogP contribution in [0.5, 0.6) is 0 Å². The maximum absolute atomic E-state index is 11.0. The molecule has 6 nitrogen and oxygen atoms in total. The monoisotopic (exact) mass is 275 g/mol. The lowest BCUT2D eigenvalue weighted by Crippen LogP contribution is -2.36. The first-order chi connectivity index (χ1) is 9.65. The molecular formula is C14H17N3O3. The molecule has 0 aliphatic carbocycles. The van der Waals surface area contributed by atoms with Crippen molar-refractivity contribution in [1.29, 1.82) is 0 Å². The Labute approximate surface area is 116 Å². The van der Waals surface area contributed by atoms with Gasteiger partial charge < -0.3 is 14.4 Å². The Hall–Kier alpha value is -1.92. The predicted octanol–water partition coefficient (Wildman–Crippen LogP) is 1.10. The number of aromatic carboxylic acids is 1. The Kier molecular flexibility index (Phi) is 3.42. The lowest BCUT2D eigenvalue weighted by atomic mass is 10.2. The molecule has 106 valence electrons. The number of imidazole rings is 1. The SMILES string of the molecule is Cn1c(CN2CCOCC2)nc2cc(C(=O)O)ccc21. The highest BCUT2D eigenvalue weighted by Gasteiger charge is 2.15. The van der Waals surface area contributed by atoms with E-state index in [2.05, 4.69) is 9.88 Å². The number of carbonyl (C=O) groups is 1. The van der Waals surface area contributed by atoms with Crippen molar-refractivity contribution in [3.63, 3.8) is 0 Å². The zero-order valence-corrected chi connectivity index (χ0v) is 11.4. The molecule has 2 heterocycles. The third-order valence-electron chi connectivity index (χ3n) is 3.69. The van der Waals surface area contributed by atoms with Crippen molar-refractivity contribution in [3.05, 3.63) is 29.6 Å². The first-order valence-electron chi connectivity index (χ1n) is 6.64. The number of morpholine rings is 1. The van der Waals surface area contributed by atoms with E-state index in [1.807, 2.05) is 17.7 Å². The minimum absolute atomic E-state index is 0.272. The second kappa shape index (κ2) is 5.22. The number of ether oxygens (including phenoxy) is 1. The van der Waals surface area contributed by atoms with Gasteiger partial charge >= 0.3 is 5.97 Å². The summed E-state index contributed by atoms with van der Waals surface area (Å²) in [5.74, 6) is 0.0247. The number of fused-ring (bicyclic) bond motifs is 1. The van der Waals surface area contributed by atoms with Gasteiger partial charge in [0.1, 0.15) is 5.82 Å². The fraction of sp³-hybridized carbons (Fsp3) is 0.429. The standard InChI is InChI=1S/C14H17N3O3/c1-16-12-3-2-10(14(18)19)8-11(12)15-13(16)9-17-4-6-20-7-5-17/h2-3,8H,4-7,9H2,1H3,(H,18,19). The molecule has 1 aromatic heterocycles. The van der Waals surface area contributed by atoms with Gasteiger partial charge in [0.25, 0.3) is 0 Å². The molecule has 1 N–H and O–H groups in total. The smallest absolute Gasteiger partial charge is 0.335 e. The Bertz CT molecular complexity index is 644. The highest BCUT2D eigenvalue weighted by molar-refractivity contribution is 5.92. The molecule has 0 amide bonds. The maximum atomic E-state index is 11.0. The van der Waals surface area contributed by atoms with Crippen molar-refractivity contribution >= 4 is 17.0 Å². The van der Waals surface area contributed by atoms with Crippen molar-refractivity contribution < 1.29 is 14.6 Å². The fourth-order valence-electron chi connectivity index (χ4n) is 2.48. The molecule has 1 fully saturated rings. The summed E-state index contributed by atoms with van der Waals surface area (Å²) in [4.78, 5) is 17.9. The minimum atomic E-state index is -0.924. The van der Waals surface area contributed by atoms with E-state index in [1.165, 1.54) is 0 Å². The van der Waals surface area contributed by atoms with E-state index < -0.39 is 5.97 Å². The average molecular weight is 275 g/mol. The maximum Gasteiger partial charge on any atom is 0.335 e. The Morgan fingerprint density at radius 2 is 2.15 bits per heavy atom. The van der Waals surface area contributed by atoms with Crippen LogP contribution >= 0.6 is 0 Å². The lowest BCUT2D eigenvalue weighted by Gasteiger charge is -2.26. The summed E-state index contributed by atoms with van der Waals surface area (Å²) in [7, 11) is 1.96. The van der Waals surface area contributed by atoms with Gasteiger partial charge in [0.05, 0.1) is 36.4 Å². The summed E-state index contributed by atoms with van der Waals surface area (Å²) in [6.45, 7) is 4.09. The van der Waals surface area contributed by atoms with Gasteiger partial charge in [-0.15, -0.1) is 0 Å². The number of benzene rings is 1. The Morgan fingerprint density at radius 1 is 1.40 bits per heavy atom. The topological polar surface area (TPSA) is 67.6 Å². The molecule has 1 saturated heterocycles. The van der Waals surface area contributed by atoms with Gasteiger partial charge in [0, 0.05) is 20.1 Å². The first-order valence-corrected chi connectivity index (χ1v) is 6.64. The van der Waals surface area contributed by atoms with Crippen LogP contribution in [0.1, 0.15) is 16.2 Å². The van der Waals surface area contributed by atoms with Crippen molar-refractivity contribution in [2.24, 2.45) is 7.05 Å². The molecular weight excluding hydrogens is 258 g/mol. The van der Waals surface area contributed by atoms with Gasteiger partial charge in [-0.2, -0.15) is 0 Å². The van der Waals surface area contributed by atoms with E-state index >= 15 is 0 Å². The van der Waals surface area contributed by atoms with Crippen molar-refractivity contribution in [2.45, 2.75) is 6.54 Å². The molecule has 20 heavy (non-hydrogen) atoms. The van der Waals surface area contributed by atoms with Gasteiger partial charge in [-0.3, -0.25) is 4.90 Å². The van der Waals surface area contributed by atoms with E-state index in [1.54, 1.807) is 12.1 Å². The second-order valence-electron chi connectivity index (χ2n) is 4.98. The van der Waals surface area contributed by atoms with Crippen LogP contribution < -0.4 is 0 Å². The average Bonchev–Trinajstić information content (AvgIpc) is 2.76. The summed E-state index contributed by atoms with van der Waals surface area (Å²) in [6, 6.07) is 5.06. The lowest BCUT2D eigenvalue weighted by molar-refractivity contribution is 0.0328. The Balaban J connectivity index is 1.91. The van der Waals surface area contributed by atoms with Gasteiger partial charge in [0.2, 0.25) is 0 Å². The van der Waals surface area contributed by atoms with Crippen molar-refractivity contribution in [2.75, 3.05) is 26.3 Å². The number of hydrogen-bond acceptors (Lipinski definition) is 4. The van der Waals surface area contributed by atoms with Crippen LogP contribution in [0.3, 0.4) is 0 Å². The van der Waals surface area contributed by atoms with E-state index in [-0.39, 0.29) is 5.56 Å². The molecule has 0 bridgehead atoms. The number of rotatable bonds is 3. The number of carboxylic acid groups (broad SMARTS) is 1. The number of carboxylic acids is 1. The molecule has 0 unspecified atom stereocenters. The van der Waals surface area contributed by atoms with Gasteiger partial charge in [-0.05, 0) is 18.2 Å². The molecule has 2 aromatic rings. The summed E-state index contributed by atoms with van der Waals surface area (Å²) >= 11 is 0. The van der Waals surface area contributed by atoms with Crippen molar-refractivity contribution in [1.82, 2.24) is 14.5 Å². The van der Waals surface area contributed by atoms with E-state index in [4.69, 9.17) is 9.84 Å².